The molecule has 0 radical (unpaired) electrons. The first-order valence-corrected chi connectivity index (χ1v) is 4.63. The Labute approximate surface area is 88.2 Å². The van der Waals surface area contributed by atoms with Crippen LogP contribution in [-0.4, -0.2) is 0 Å². The summed E-state index contributed by atoms with van der Waals surface area (Å²) in [5, 5.41) is 0. The van der Waals surface area contributed by atoms with Crippen LogP contribution < -0.4 is 0 Å². The summed E-state index contributed by atoms with van der Waals surface area (Å²) in [5.41, 5.74) is -1.28. The lowest BCUT2D eigenvalue weighted by atomic mass is 10.2. The summed E-state index contributed by atoms with van der Waals surface area (Å²) in [6.07, 6.45) is -4.66. The molecule has 13 heavy (non-hydrogen) atoms. The van der Waals surface area contributed by atoms with E-state index in [1.54, 1.807) is 0 Å². The van der Waals surface area contributed by atoms with E-state index in [9.17, 15) is 17.6 Å². The fourth-order valence-corrected chi connectivity index (χ4v) is 1.40. The van der Waals surface area contributed by atoms with E-state index in [-0.39, 0.29) is 8.95 Å². The van der Waals surface area contributed by atoms with Crippen molar-refractivity contribution in [3.05, 3.63) is 32.5 Å². The maximum absolute atomic E-state index is 13.0. The summed E-state index contributed by atoms with van der Waals surface area (Å²) < 4.78 is 49.2. The molecule has 0 aliphatic heterocycles. The minimum absolute atomic E-state index is 0.220. The lowest BCUT2D eigenvalue weighted by Crippen LogP contribution is -2.08. The number of benzene rings is 1. The van der Waals surface area contributed by atoms with Crippen molar-refractivity contribution in [1.82, 2.24) is 0 Å². The van der Waals surface area contributed by atoms with Gasteiger partial charge >= 0.3 is 6.18 Å². The molecule has 1 aromatic carbocycles. The van der Waals surface area contributed by atoms with Gasteiger partial charge in [-0.15, -0.1) is 0 Å². The monoisotopic (exact) mass is 320 g/mol. The number of halogens is 6. The average molecular weight is 322 g/mol. The van der Waals surface area contributed by atoms with Crippen LogP contribution in [0.3, 0.4) is 0 Å². The van der Waals surface area contributed by atoms with Gasteiger partial charge in [-0.1, -0.05) is 0 Å². The van der Waals surface area contributed by atoms with Gasteiger partial charge in [0, 0.05) is 4.47 Å². The normalized spacial score (nSPS) is 11.8. The number of hydrogen-bond donors (Lipinski definition) is 0. The number of rotatable bonds is 0. The lowest BCUT2D eigenvalue weighted by Gasteiger charge is -2.09. The van der Waals surface area contributed by atoms with E-state index >= 15 is 0 Å². The van der Waals surface area contributed by atoms with Crippen molar-refractivity contribution in [2.45, 2.75) is 6.18 Å². The van der Waals surface area contributed by atoms with E-state index in [2.05, 4.69) is 31.9 Å². The van der Waals surface area contributed by atoms with Gasteiger partial charge in [0.1, 0.15) is 0 Å². The third-order valence-electron chi connectivity index (χ3n) is 1.34. The van der Waals surface area contributed by atoms with Crippen LogP contribution >= 0.6 is 31.9 Å². The highest BCUT2D eigenvalue weighted by atomic mass is 79.9. The van der Waals surface area contributed by atoms with Crippen LogP contribution in [0.2, 0.25) is 0 Å². The fraction of sp³-hybridized carbons (Fsp3) is 0.143. The van der Waals surface area contributed by atoms with Gasteiger partial charge in [-0.25, -0.2) is 4.39 Å². The van der Waals surface area contributed by atoms with E-state index in [0.717, 1.165) is 6.07 Å². The molecular weight excluding hydrogens is 320 g/mol. The number of hydrogen-bond acceptors (Lipinski definition) is 0. The van der Waals surface area contributed by atoms with Crippen molar-refractivity contribution in [3.63, 3.8) is 0 Å². The molecule has 0 saturated heterocycles. The molecule has 1 aromatic rings. The molecule has 0 saturated carbocycles. The molecule has 0 fully saturated rings. The quantitative estimate of drug-likeness (QED) is 0.491. The van der Waals surface area contributed by atoms with Crippen LogP contribution in [-0.2, 0) is 6.18 Å². The van der Waals surface area contributed by atoms with E-state index in [0.29, 0.717) is 6.07 Å². The molecule has 72 valence electrons. The van der Waals surface area contributed by atoms with Crippen LogP contribution in [0.1, 0.15) is 5.56 Å². The molecule has 0 amide bonds. The van der Waals surface area contributed by atoms with Gasteiger partial charge in [-0.2, -0.15) is 13.2 Å². The summed E-state index contributed by atoms with van der Waals surface area (Å²) in [6, 6.07) is 1.82. The maximum Gasteiger partial charge on any atom is 0.419 e. The molecule has 0 nitrogen and oxygen atoms in total. The highest BCUT2D eigenvalue weighted by Crippen LogP contribution is 2.36. The van der Waals surface area contributed by atoms with Crippen LogP contribution in [0.25, 0.3) is 0 Å². The van der Waals surface area contributed by atoms with Crippen molar-refractivity contribution in [3.8, 4) is 0 Å². The highest BCUT2D eigenvalue weighted by Gasteiger charge is 2.35. The Morgan fingerprint density at radius 1 is 1.08 bits per heavy atom. The summed E-state index contributed by atoms with van der Waals surface area (Å²) >= 11 is 5.59. The van der Waals surface area contributed by atoms with Gasteiger partial charge in [-0.05, 0) is 44.0 Å². The van der Waals surface area contributed by atoms with Crippen molar-refractivity contribution in [1.29, 1.82) is 0 Å². The highest BCUT2D eigenvalue weighted by molar-refractivity contribution is 9.13. The van der Waals surface area contributed by atoms with E-state index in [1.807, 2.05) is 0 Å². The Morgan fingerprint density at radius 2 is 1.62 bits per heavy atom. The summed E-state index contributed by atoms with van der Waals surface area (Å²) in [7, 11) is 0. The number of alkyl halides is 3. The second-order valence-corrected chi connectivity index (χ2v) is 3.87. The Bertz CT molecular complexity index is 332. The Kier molecular flexibility index (Phi) is 3.01. The zero-order chi connectivity index (χ0) is 10.2. The van der Waals surface area contributed by atoms with Crippen LogP contribution in [0.15, 0.2) is 21.1 Å². The zero-order valence-corrected chi connectivity index (χ0v) is 9.09. The molecule has 0 spiro atoms. The molecule has 0 N–H and O–H groups in total. The van der Waals surface area contributed by atoms with Gasteiger partial charge in [-0.3, -0.25) is 0 Å². The average Bonchev–Trinajstić information content (AvgIpc) is 1.98. The molecule has 0 aliphatic carbocycles. The van der Waals surface area contributed by atoms with Gasteiger partial charge in [0.15, 0.2) is 5.82 Å². The second-order valence-electron chi connectivity index (χ2n) is 2.22. The van der Waals surface area contributed by atoms with Gasteiger partial charge in [0.25, 0.3) is 0 Å². The first kappa shape index (κ1) is 11.0. The largest absolute Gasteiger partial charge is 0.419 e. The topological polar surface area (TPSA) is 0 Å². The fourth-order valence-electron chi connectivity index (χ4n) is 0.745. The summed E-state index contributed by atoms with van der Waals surface area (Å²) in [5.74, 6) is -1.30. The maximum atomic E-state index is 13.0. The van der Waals surface area contributed by atoms with Gasteiger partial charge in [0.2, 0.25) is 0 Å². The summed E-state index contributed by atoms with van der Waals surface area (Å²) in [4.78, 5) is 0. The van der Waals surface area contributed by atoms with Crippen LogP contribution in [0.5, 0.6) is 0 Å². The smallest absolute Gasteiger partial charge is 0.205 e. The molecular formula is C7H2Br2F4. The molecule has 0 heterocycles. The SMILES string of the molecule is Fc1c(C(F)(F)F)ccc(Br)c1Br. The van der Waals surface area contributed by atoms with E-state index < -0.39 is 17.6 Å². The zero-order valence-electron chi connectivity index (χ0n) is 5.92. The Hall–Kier alpha value is -0.100. The predicted octanol–water partition coefficient (Wildman–Crippen LogP) is 4.37. The van der Waals surface area contributed by atoms with Crippen molar-refractivity contribution in [2.24, 2.45) is 0 Å². The molecule has 0 atom stereocenters. The van der Waals surface area contributed by atoms with Crippen molar-refractivity contribution >= 4 is 31.9 Å². The van der Waals surface area contributed by atoms with Crippen LogP contribution in [0, 0.1) is 5.82 Å². The minimum Gasteiger partial charge on any atom is -0.205 e. The third-order valence-corrected chi connectivity index (χ3v) is 3.31. The van der Waals surface area contributed by atoms with Crippen molar-refractivity contribution in [2.75, 3.05) is 0 Å². The predicted molar refractivity (Wildman–Crippen MR) is 46.8 cm³/mol. The molecule has 1 rings (SSSR count). The van der Waals surface area contributed by atoms with Gasteiger partial charge in [0.05, 0.1) is 10.0 Å². The van der Waals surface area contributed by atoms with Crippen molar-refractivity contribution < 1.29 is 17.6 Å². The lowest BCUT2D eigenvalue weighted by molar-refractivity contribution is -0.140. The molecule has 0 aliphatic rings. The molecule has 0 bridgehead atoms. The van der Waals surface area contributed by atoms with Gasteiger partial charge < -0.3 is 0 Å². The first-order valence-electron chi connectivity index (χ1n) is 3.04. The Balaban J connectivity index is 3.35. The third kappa shape index (κ3) is 2.22. The Morgan fingerprint density at radius 3 is 2.08 bits per heavy atom. The molecule has 6 heteroatoms. The standard InChI is InChI=1S/C7H2Br2F4/c8-4-2-1-3(7(11,12)13)6(10)5(4)9/h1-2H. The first-order chi connectivity index (χ1) is 5.84. The summed E-state index contributed by atoms with van der Waals surface area (Å²) in [6.45, 7) is 0. The van der Waals surface area contributed by atoms with E-state index in [4.69, 9.17) is 0 Å². The van der Waals surface area contributed by atoms with E-state index in [1.165, 1.54) is 0 Å². The minimum atomic E-state index is -4.66. The molecule has 0 aromatic heterocycles. The second kappa shape index (κ2) is 3.57. The molecule has 0 unspecified atom stereocenters. The van der Waals surface area contributed by atoms with Crippen LogP contribution in [0.4, 0.5) is 17.6 Å².